The van der Waals surface area contributed by atoms with Crippen LogP contribution >= 0.6 is 0 Å². The molecule has 0 bridgehead atoms. The first kappa shape index (κ1) is 21.5. The molecule has 0 N–H and O–H groups in total. The minimum absolute atomic E-state index is 0.291. The van der Waals surface area contributed by atoms with E-state index >= 15 is 0 Å². The fraction of sp³-hybridized carbons (Fsp3) is 0.385. The lowest BCUT2D eigenvalue weighted by molar-refractivity contribution is 0.0526. The number of pyridine rings is 1. The third-order valence-corrected chi connectivity index (χ3v) is 6.30. The van der Waals surface area contributed by atoms with Crippen molar-refractivity contribution >= 4 is 22.6 Å². The Morgan fingerprint density at radius 3 is 2.64 bits per heavy atom. The van der Waals surface area contributed by atoms with E-state index < -0.39 is 0 Å². The number of fused-ring (bicyclic) bond motifs is 2. The summed E-state index contributed by atoms with van der Waals surface area (Å²) >= 11 is 0. The van der Waals surface area contributed by atoms with Gasteiger partial charge in [0.15, 0.2) is 11.5 Å². The Hall–Kier alpha value is -3.32. The van der Waals surface area contributed by atoms with Crippen LogP contribution in [-0.2, 0) is 11.3 Å². The highest BCUT2D eigenvalue weighted by atomic mass is 16.7. The van der Waals surface area contributed by atoms with Gasteiger partial charge < -0.3 is 19.1 Å². The third kappa shape index (κ3) is 4.20. The molecule has 1 saturated heterocycles. The molecular formula is C26H29N3O4. The molecule has 2 aliphatic rings. The molecule has 5 rings (SSSR count). The number of anilines is 1. The second-order valence-electron chi connectivity index (χ2n) is 8.67. The molecule has 3 heterocycles. The quantitative estimate of drug-likeness (QED) is 0.546. The van der Waals surface area contributed by atoms with Crippen molar-refractivity contribution in [3.63, 3.8) is 0 Å². The van der Waals surface area contributed by atoms with Gasteiger partial charge in [0.25, 0.3) is 0 Å². The number of piperazine rings is 1. The molecule has 0 spiro atoms. The lowest BCUT2D eigenvalue weighted by Gasteiger charge is -2.37. The van der Waals surface area contributed by atoms with Crippen LogP contribution in [0, 0.1) is 13.8 Å². The molecule has 0 atom stereocenters. The number of esters is 1. The predicted molar refractivity (Wildman–Crippen MR) is 127 cm³/mol. The van der Waals surface area contributed by atoms with E-state index in [1.807, 2.05) is 13.0 Å². The van der Waals surface area contributed by atoms with Crippen LogP contribution < -0.4 is 14.4 Å². The number of aromatic nitrogens is 1. The molecular weight excluding hydrogens is 418 g/mol. The summed E-state index contributed by atoms with van der Waals surface area (Å²) < 4.78 is 16.3. The topological polar surface area (TPSA) is 64.1 Å². The molecule has 0 saturated carbocycles. The maximum atomic E-state index is 12.8. The van der Waals surface area contributed by atoms with Gasteiger partial charge in [-0.25, -0.2) is 4.79 Å². The van der Waals surface area contributed by atoms with Gasteiger partial charge in [-0.1, -0.05) is 17.7 Å². The van der Waals surface area contributed by atoms with Crippen LogP contribution in [0.25, 0.3) is 10.9 Å². The summed E-state index contributed by atoms with van der Waals surface area (Å²) in [6, 6.07) is 10.4. The highest BCUT2D eigenvalue weighted by molar-refractivity contribution is 6.06. The van der Waals surface area contributed by atoms with Crippen molar-refractivity contribution in [2.75, 3.05) is 44.5 Å². The van der Waals surface area contributed by atoms with Gasteiger partial charge in [-0.3, -0.25) is 9.88 Å². The Labute approximate surface area is 193 Å². The number of carbonyl (C=O) groups excluding carboxylic acids is 1. The minimum atomic E-state index is -0.316. The van der Waals surface area contributed by atoms with Crippen LogP contribution in [0.2, 0.25) is 0 Å². The van der Waals surface area contributed by atoms with Crippen molar-refractivity contribution in [2.24, 2.45) is 0 Å². The summed E-state index contributed by atoms with van der Waals surface area (Å²) in [6.45, 7) is 10.9. The summed E-state index contributed by atoms with van der Waals surface area (Å²) in [6.07, 6.45) is 1.68. The van der Waals surface area contributed by atoms with Gasteiger partial charge in [0.2, 0.25) is 6.79 Å². The number of carbonyl (C=O) groups is 1. The van der Waals surface area contributed by atoms with Gasteiger partial charge in [-0.2, -0.15) is 0 Å². The maximum Gasteiger partial charge on any atom is 0.341 e. The molecule has 7 heteroatoms. The smallest absolute Gasteiger partial charge is 0.341 e. The van der Waals surface area contributed by atoms with E-state index in [-0.39, 0.29) is 5.97 Å². The van der Waals surface area contributed by atoms with Crippen molar-refractivity contribution in [2.45, 2.75) is 27.3 Å². The molecule has 0 aliphatic carbocycles. The summed E-state index contributed by atoms with van der Waals surface area (Å²) in [4.78, 5) is 22.2. The first-order chi connectivity index (χ1) is 16.0. The molecule has 2 aliphatic heterocycles. The molecule has 0 radical (unpaired) electrons. The number of nitrogens with zero attached hydrogens (tertiary/aromatic N) is 3. The number of hydrogen-bond donors (Lipinski definition) is 0. The summed E-state index contributed by atoms with van der Waals surface area (Å²) in [5.74, 6) is 1.31. The number of aryl methyl sites for hydroxylation is 2. The van der Waals surface area contributed by atoms with E-state index in [1.165, 1.54) is 5.56 Å². The largest absolute Gasteiger partial charge is 0.462 e. The van der Waals surface area contributed by atoms with E-state index in [0.29, 0.717) is 19.0 Å². The summed E-state index contributed by atoms with van der Waals surface area (Å²) in [5, 5.41) is 1.02. The van der Waals surface area contributed by atoms with E-state index in [9.17, 15) is 4.79 Å². The number of ether oxygens (including phenoxy) is 3. The van der Waals surface area contributed by atoms with Crippen LogP contribution in [0.4, 0.5) is 5.69 Å². The fourth-order valence-electron chi connectivity index (χ4n) is 4.77. The minimum Gasteiger partial charge on any atom is -0.462 e. The molecule has 33 heavy (non-hydrogen) atoms. The predicted octanol–water partition coefficient (Wildman–Crippen LogP) is 4.08. The molecule has 0 amide bonds. The van der Waals surface area contributed by atoms with Crippen LogP contribution in [0.1, 0.15) is 34.0 Å². The number of rotatable bonds is 5. The first-order valence-corrected chi connectivity index (χ1v) is 11.5. The van der Waals surface area contributed by atoms with Gasteiger partial charge in [0.1, 0.15) is 5.56 Å². The molecule has 1 aromatic heterocycles. The zero-order valence-corrected chi connectivity index (χ0v) is 19.4. The summed E-state index contributed by atoms with van der Waals surface area (Å²) in [5.41, 5.74) is 5.90. The van der Waals surface area contributed by atoms with E-state index in [4.69, 9.17) is 14.2 Å². The Morgan fingerprint density at radius 1 is 1.06 bits per heavy atom. The van der Waals surface area contributed by atoms with Crippen LogP contribution in [-0.4, -0.2) is 55.4 Å². The van der Waals surface area contributed by atoms with Crippen LogP contribution in [0.3, 0.4) is 0 Å². The molecule has 1 fully saturated rings. The molecule has 3 aromatic rings. The highest BCUT2D eigenvalue weighted by Gasteiger charge is 2.26. The van der Waals surface area contributed by atoms with Gasteiger partial charge >= 0.3 is 5.97 Å². The van der Waals surface area contributed by atoms with Crippen molar-refractivity contribution in [1.29, 1.82) is 0 Å². The highest BCUT2D eigenvalue weighted by Crippen LogP contribution is 2.35. The monoisotopic (exact) mass is 447 g/mol. The van der Waals surface area contributed by atoms with Gasteiger partial charge in [-0.05, 0) is 50.1 Å². The Morgan fingerprint density at radius 2 is 1.85 bits per heavy atom. The van der Waals surface area contributed by atoms with Crippen molar-refractivity contribution < 1.29 is 19.0 Å². The third-order valence-electron chi connectivity index (χ3n) is 6.30. The Kier molecular flexibility index (Phi) is 5.81. The normalized spacial score (nSPS) is 15.8. The maximum absolute atomic E-state index is 12.8. The SMILES string of the molecule is CCOC(=O)c1cnc2c(C)cc(C)cc2c1N1CCN(Cc2ccc3c(c2)OCO3)CC1. The fourth-order valence-corrected chi connectivity index (χ4v) is 4.77. The Bertz CT molecular complexity index is 1200. The second-order valence-corrected chi connectivity index (χ2v) is 8.67. The van der Waals surface area contributed by atoms with E-state index in [0.717, 1.165) is 71.9 Å². The van der Waals surface area contributed by atoms with Crippen molar-refractivity contribution in [3.8, 4) is 11.5 Å². The zero-order valence-electron chi connectivity index (χ0n) is 19.4. The molecule has 7 nitrogen and oxygen atoms in total. The van der Waals surface area contributed by atoms with Crippen LogP contribution in [0.5, 0.6) is 11.5 Å². The van der Waals surface area contributed by atoms with Gasteiger partial charge in [-0.15, -0.1) is 0 Å². The Balaban J connectivity index is 1.40. The van der Waals surface area contributed by atoms with E-state index in [1.54, 1.807) is 6.20 Å². The first-order valence-electron chi connectivity index (χ1n) is 11.5. The lowest BCUT2D eigenvalue weighted by Crippen LogP contribution is -2.46. The second kappa shape index (κ2) is 8.90. The van der Waals surface area contributed by atoms with Gasteiger partial charge in [0, 0.05) is 44.3 Å². The van der Waals surface area contributed by atoms with Crippen molar-refractivity contribution in [1.82, 2.24) is 9.88 Å². The standard InChI is InChI=1S/C26H29N3O4/c1-4-31-26(30)21-14-27-24-18(3)11-17(2)12-20(24)25(21)29-9-7-28(8-10-29)15-19-5-6-22-23(13-19)33-16-32-22/h5-6,11-14H,4,7-10,15-16H2,1-3H3. The zero-order chi connectivity index (χ0) is 22.9. The summed E-state index contributed by atoms with van der Waals surface area (Å²) in [7, 11) is 0. The van der Waals surface area contributed by atoms with Gasteiger partial charge in [0.05, 0.1) is 17.8 Å². The lowest BCUT2D eigenvalue weighted by atomic mass is 10.0. The molecule has 172 valence electrons. The molecule has 0 unspecified atom stereocenters. The number of benzene rings is 2. The average Bonchev–Trinajstić information content (AvgIpc) is 3.27. The number of hydrogen-bond acceptors (Lipinski definition) is 7. The van der Waals surface area contributed by atoms with Crippen LogP contribution in [0.15, 0.2) is 36.5 Å². The van der Waals surface area contributed by atoms with Crippen molar-refractivity contribution in [3.05, 3.63) is 58.8 Å². The molecule has 2 aromatic carbocycles. The van der Waals surface area contributed by atoms with E-state index in [2.05, 4.69) is 52.9 Å². The average molecular weight is 448 g/mol.